The molecular formula is C16H18FNO2. The highest BCUT2D eigenvalue weighted by atomic mass is 19.1. The quantitative estimate of drug-likeness (QED) is 0.879. The van der Waals surface area contributed by atoms with Gasteiger partial charge in [-0.25, -0.2) is 4.39 Å². The minimum atomic E-state index is -0.234. The summed E-state index contributed by atoms with van der Waals surface area (Å²) in [5, 5.41) is 13.2. The molecule has 2 aromatic carbocycles. The Bertz CT molecular complexity index is 586. The predicted molar refractivity (Wildman–Crippen MR) is 76.3 cm³/mol. The van der Waals surface area contributed by atoms with Crippen LogP contribution in [0.5, 0.6) is 11.5 Å². The Hall–Kier alpha value is -2.07. The Morgan fingerprint density at radius 1 is 1.20 bits per heavy atom. The highest BCUT2D eigenvalue weighted by Crippen LogP contribution is 2.29. The second-order valence-electron chi connectivity index (χ2n) is 4.59. The van der Waals surface area contributed by atoms with E-state index in [9.17, 15) is 9.50 Å². The molecule has 0 aromatic heterocycles. The molecule has 1 atom stereocenters. The molecule has 20 heavy (non-hydrogen) atoms. The van der Waals surface area contributed by atoms with Crippen LogP contribution >= 0.6 is 0 Å². The fraction of sp³-hybridized carbons (Fsp3) is 0.250. The van der Waals surface area contributed by atoms with E-state index in [2.05, 4.69) is 5.32 Å². The summed E-state index contributed by atoms with van der Waals surface area (Å²) < 4.78 is 18.7. The second kappa shape index (κ2) is 6.39. The minimum absolute atomic E-state index is 0.114. The molecule has 2 aromatic rings. The SMILES string of the molecule is COc1cccc(CNC(C)c2ccccc2F)c1O. The first-order valence-electron chi connectivity index (χ1n) is 6.46. The zero-order valence-corrected chi connectivity index (χ0v) is 11.6. The molecule has 2 rings (SSSR count). The molecule has 106 valence electrons. The molecule has 0 saturated carbocycles. The van der Waals surface area contributed by atoms with Gasteiger partial charge in [-0.15, -0.1) is 0 Å². The molecule has 0 aliphatic carbocycles. The number of para-hydroxylation sites is 1. The molecule has 0 amide bonds. The molecule has 2 N–H and O–H groups in total. The van der Waals surface area contributed by atoms with Crippen molar-refractivity contribution in [2.45, 2.75) is 19.5 Å². The van der Waals surface area contributed by atoms with Gasteiger partial charge in [0.2, 0.25) is 0 Å². The minimum Gasteiger partial charge on any atom is -0.504 e. The summed E-state index contributed by atoms with van der Waals surface area (Å²) >= 11 is 0. The molecule has 0 heterocycles. The number of nitrogens with one attached hydrogen (secondary N) is 1. The Labute approximate surface area is 118 Å². The normalized spacial score (nSPS) is 12.2. The summed E-state index contributed by atoms with van der Waals surface area (Å²) in [6.45, 7) is 2.31. The first-order chi connectivity index (χ1) is 9.63. The van der Waals surface area contributed by atoms with Crippen molar-refractivity contribution in [2.75, 3.05) is 7.11 Å². The van der Waals surface area contributed by atoms with Crippen LogP contribution in [0.3, 0.4) is 0 Å². The fourth-order valence-corrected chi connectivity index (χ4v) is 2.07. The van der Waals surface area contributed by atoms with Gasteiger partial charge in [0.25, 0.3) is 0 Å². The van der Waals surface area contributed by atoms with Gasteiger partial charge < -0.3 is 15.2 Å². The third kappa shape index (κ3) is 3.08. The lowest BCUT2D eigenvalue weighted by molar-refractivity contribution is 0.369. The summed E-state index contributed by atoms with van der Waals surface area (Å²) in [7, 11) is 1.51. The standard InChI is InChI=1S/C16H18FNO2/c1-11(13-7-3-4-8-14(13)17)18-10-12-6-5-9-15(20-2)16(12)19/h3-9,11,18-19H,10H2,1-2H3. The number of methoxy groups -OCH3 is 1. The average Bonchev–Trinajstić information content (AvgIpc) is 2.46. The van der Waals surface area contributed by atoms with Crippen LogP contribution in [-0.2, 0) is 6.54 Å². The van der Waals surface area contributed by atoms with Gasteiger partial charge in [0.05, 0.1) is 7.11 Å². The van der Waals surface area contributed by atoms with Gasteiger partial charge in [-0.1, -0.05) is 30.3 Å². The zero-order chi connectivity index (χ0) is 14.5. The Kier molecular flexibility index (Phi) is 4.58. The molecule has 0 bridgehead atoms. The maximum Gasteiger partial charge on any atom is 0.162 e. The zero-order valence-electron chi connectivity index (χ0n) is 11.6. The third-order valence-electron chi connectivity index (χ3n) is 3.27. The lowest BCUT2D eigenvalue weighted by atomic mass is 10.1. The van der Waals surface area contributed by atoms with Gasteiger partial charge >= 0.3 is 0 Å². The van der Waals surface area contributed by atoms with Crippen LogP contribution in [0, 0.1) is 5.82 Å². The number of phenolic OH excluding ortho intramolecular Hbond substituents is 1. The van der Waals surface area contributed by atoms with E-state index in [0.29, 0.717) is 23.4 Å². The number of aromatic hydroxyl groups is 1. The van der Waals surface area contributed by atoms with Crippen molar-refractivity contribution in [3.05, 3.63) is 59.4 Å². The van der Waals surface area contributed by atoms with E-state index in [-0.39, 0.29) is 17.6 Å². The molecular weight excluding hydrogens is 257 g/mol. The molecule has 0 aliphatic heterocycles. The maximum absolute atomic E-state index is 13.7. The first kappa shape index (κ1) is 14.3. The van der Waals surface area contributed by atoms with Gasteiger partial charge in [0, 0.05) is 23.7 Å². The number of ether oxygens (including phenoxy) is 1. The Morgan fingerprint density at radius 3 is 2.65 bits per heavy atom. The number of benzene rings is 2. The summed E-state index contributed by atoms with van der Waals surface area (Å²) in [5.74, 6) is 0.313. The van der Waals surface area contributed by atoms with E-state index < -0.39 is 0 Å². The summed E-state index contributed by atoms with van der Waals surface area (Å²) in [4.78, 5) is 0. The maximum atomic E-state index is 13.7. The molecule has 0 spiro atoms. The summed E-state index contributed by atoms with van der Waals surface area (Å²) in [6, 6.07) is 11.8. The molecule has 3 nitrogen and oxygen atoms in total. The fourth-order valence-electron chi connectivity index (χ4n) is 2.07. The molecule has 0 fully saturated rings. The number of halogens is 1. The molecule has 1 unspecified atom stereocenters. The van der Waals surface area contributed by atoms with Crippen LogP contribution < -0.4 is 10.1 Å². The number of hydrogen-bond acceptors (Lipinski definition) is 3. The van der Waals surface area contributed by atoms with Crippen molar-refractivity contribution in [2.24, 2.45) is 0 Å². The summed E-state index contributed by atoms with van der Waals surface area (Å²) in [5.41, 5.74) is 1.32. The summed E-state index contributed by atoms with van der Waals surface area (Å²) in [6.07, 6.45) is 0. The first-order valence-corrected chi connectivity index (χ1v) is 6.46. The number of phenols is 1. The van der Waals surface area contributed by atoms with Crippen molar-refractivity contribution in [3.8, 4) is 11.5 Å². The van der Waals surface area contributed by atoms with E-state index >= 15 is 0 Å². The van der Waals surface area contributed by atoms with Crippen LogP contribution in [0.4, 0.5) is 4.39 Å². The smallest absolute Gasteiger partial charge is 0.162 e. The van der Waals surface area contributed by atoms with Crippen molar-refractivity contribution >= 4 is 0 Å². The van der Waals surface area contributed by atoms with E-state index in [1.165, 1.54) is 13.2 Å². The molecule has 0 saturated heterocycles. The van der Waals surface area contributed by atoms with Crippen LogP contribution in [0.15, 0.2) is 42.5 Å². The molecule has 0 aliphatic rings. The van der Waals surface area contributed by atoms with E-state index in [0.717, 1.165) is 0 Å². The predicted octanol–water partition coefficient (Wildman–Crippen LogP) is 3.39. The molecule has 0 radical (unpaired) electrons. The van der Waals surface area contributed by atoms with Crippen LogP contribution in [0.1, 0.15) is 24.1 Å². The Morgan fingerprint density at radius 2 is 1.95 bits per heavy atom. The van der Waals surface area contributed by atoms with Crippen LogP contribution in [0.25, 0.3) is 0 Å². The van der Waals surface area contributed by atoms with Gasteiger partial charge in [-0.3, -0.25) is 0 Å². The van der Waals surface area contributed by atoms with Crippen LogP contribution in [-0.4, -0.2) is 12.2 Å². The van der Waals surface area contributed by atoms with Crippen molar-refractivity contribution < 1.29 is 14.2 Å². The highest BCUT2D eigenvalue weighted by molar-refractivity contribution is 5.45. The van der Waals surface area contributed by atoms with E-state index in [4.69, 9.17) is 4.74 Å². The van der Waals surface area contributed by atoms with E-state index in [1.54, 1.807) is 30.3 Å². The lowest BCUT2D eigenvalue weighted by Gasteiger charge is -2.16. The number of hydrogen-bond donors (Lipinski definition) is 2. The average molecular weight is 275 g/mol. The Balaban J connectivity index is 2.08. The molecule has 4 heteroatoms. The van der Waals surface area contributed by atoms with Gasteiger partial charge in [-0.05, 0) is 19.1 Å². The topological polar surface area (TPSA) is 41.5 Å². The van der Waals surface area contributed by atoms with Crippen molar-refractivity contribution in [1.29, 1.82) is 0 Å². The van der Waals surface area contributed by atoms with Gasteiger partial charge in [0.15, 0.2) is 11.5 Å². The van der Waals surface area contributed by atoms with Crippen molar-refractivity contribution in [1.82, 2.24) is 5.32 Å². The van der Waals surface area contributed by atoms with Crippen LogP contribution in [0.2, 0.25) is 0 Å². The van der Waals surface area contributed by atoms with Gasteiger partial charge in [0.1, 0.15) is 5.82 Å². The van der Waals surface area contributed by atoms with Crippen molar-refractivity contribution in [3.63, 3.8) is 0 Å². The monoisotopic (exact) mass is 275 g/mol. The highest BCUT2D eigenvalue weighted by Gasteiger charge is 2.12. The van der Waals surface area contributed by atoms with Gasteiger partial charge in [-0.2, -0.15) is 0 Å². The van der Waals surface area contributed by atoms with E-state index in [1.807, 2.05) is 13.0 Å². The third-order valence-corrected chi connectivity index (χ3v) is 3.27. The lowest BCUT2D eigenvalue weighted by Crippen LogP contribution is -2.19. The second-order valence-corrected chi connectivity index (χ2v) is 4.59. The largest absolute Gasteiger partial charge is 0.504 e. The number of rotatable bonds is 5.